The number of benzene rings is 1. The van der Waals surface area contributed by atoms with Crippen LogP contribution < -0.4 is 10.5 Å². The predicted molar refractivity (Wildman–Crippen MR) is 81.6 cm³/mol. The summed E-state index contributed by atoms with van der Waals surface area (Å²) in [5.41, 5.74) is 7.82. The molecule has 0 fully saturated rings. The van der Waals surface area contributed by atoms with Crippen molar-refractivity contribution in [2.45, 2.75) is 47.0 Å². The van der Waals surface area contributed by atoms with Crippen molar-refractivity contribution in [3.63, 3.8) is 0 Å². The van der Waals surface area contributed by atoms with Crippen LogP contribution in [0.15, 0.2) is 6.07 Å². The number of hydrogen-bond donors (Lipinski definition) is 1. The highest BCUT2D eigenvalue weighted by molar-refractivity contribution is 6.00. The summed E-state index contributed by atoms with van der Waals surface area (Å²) in [5.74, 6) is -0.918. The molecule has 116 valence electrons. The molecule has 1 aromatic carbocycles. The van der Waals surface area contributed by atoms with Gasteiger partial charge >= 0.3 is 11.9 Å². The quantitative estimate of drug-likeness (QED) is 0.526. The highest BCUT2D eigenvalue weighted by Gasteiger charge is 2.28. The van der Waals surface area contributed by atoms with Crippen LogP contribution in [0.3, 0.4) is 0 Å². The van der Waals surface area contributed by atoms with Crippen molar-refractivity contribution in [1.82, 2.24) is 0 Å². The molecule has 5 nitrogen and oxygen atoms in total. The first-order valence-electron chi connectivity index (χ1n) is 6.88. The molecule has 0 heterocycles. The van der Waals surface area contributed by atoms with Crippen LogP contribution in [0.4, 0.5) is 5.69 Å². The molecule has 0 aliphatic carbocycles. The fourth-order valence-electron chi connectivity index (χ4n) is 2.12. The Morgan fingerprint density at radius 3 is 2.29 bits per heavy atom. The van der Waals surface area contributed by atoms with Gasteiger partial charge in [0.1, 0.15) is 11.3 Å². The average molecular weight is 293 g/mol. The summed E-state index contributed by atoms with van der Waals surface area (Å²) in [4.78, 5) is 23.5. The maximum absolute atomic E-state index is 12.2. The normalized spacial score (nSPS) is 11.1. The predicted octanol–water partition coefficient (Wildman–Crippen LogP) is 2.98. The van der Waals surface area contributed by atoms with E-state index in [1.54, 1.807) is 13.8 Å². The average Bonchev–Trinajstić information content (AvgIpc) is 2.31. The Morgan fingerprint density at radius 2 is 1.86 bits per heavy atom. The lowest BCUT2D eigenvalue weighted by Crippen LogP contribution is -2.20. The van der Waals surface area contributed by atoms with Gasteiger partial charge in [0.25, 0.3) is 0 Å². The van der Waals surface area contributed by atoms with Gasteiger partial charge in [-0.05, 0) is 36.5 Å². The zero-order valence-electron chi connectivity index (χ0n) is 13.5. The second-order valence-corrected chi connectivity index (χ2v) is 5.92. The standard InChI is InChI=1S/C16H23NO4/c1-7-20-15(19)12-13(17)11(16(4,5)6)8-9(2)14(12)21-10(3)18/h8H,7,17H2,1-6H3. The minimum Gasteiger partial charge on any atom is -0.462 e. The number of hydrogen-bond acceptors (Lipinski definition) is 5. The van der Waals surface area contributed by atoms with Crippen LogP contribution in [0.25, 0.3) is 0 Å². The van der Waals surface area contributed by atoms with E-state index in [1.807, 2.05) is 26.8 Å². The van der Waals surface area contributed by atoms with Gasteiger partial charge in [-0.2, -0.15) is 0 Å². The largest absolute Gasteiger partial charge is 0.462 e. The van der Waals surface area contributed by atoms with Gasteiger partial charge in [-0.15, -0.1) is 0 Å². The zero-order valence-corrected chi connectivity index (χ0v) is 13.5. The van der Waals surface area contributed by atoms with Crippen LogP contribution in [0, 0.1) is 6.92 Å². The molecule has 0 radical (unpaired) electrons. The lowest BCUT2D eigenvalue weighted by Gasteiger charge is -2.25. The fraction of sp³-hybridized carbons (Fsp3) is 0.500. The van der Waals surface area contributed by atoms with Gasteiger partial charge < -0.3 is 15.2 Å². The molecule has 21 heavy (non-hydrogen) atoms. The molecule has 1 aromatic rings. The molecule has 0 aromatic heterocycles. The highest BCUT2D eigenvalue weighted by Crippen LogP contribution is 2.38. The second kappa shape index (κ2) is 6.16. The number of nitrogen functional groups attached to an aromatic ring is 1. The van der Waals surface area contributed by atoms with Crippen molar-refractivity contribution >= 4 is 17.6 Å². The first kappa shape index (κ1) is 17.0. The van der Waals surface area contributed by atoms with Gasteiger partial charge in [0.05, 0.1) is 12.3 Å². The second-order valence-electron chi connectivity index (χ2n) is 5.92. The number of carbonyl (C=O) groups excluding carboxylic acids is 2. The lowest BCUT2D eigenvalue weighted by molar-refractivity contribution is -0.131. The summed E-state index contributed by atoms with van der Waals surface area (Å²) in [7, 11) is 0. The van der Waals surface area contributed by atoms with E-state index in [0.29, 0.717) is 11.3 Å². The van der Waals surface area contributed by atoms with E-state index < -0.39 is 11.9 Å². The molecule has 0 saturated heterocycles. The summed E-state index contributed by atoms with van der Waals surface area (Å²) in [5, 5.41) is 0. The monoisotopic (exact) mass is 293 g/mol. The van der Waals surface area contributed by atoms with Crippen molar-refractivity contribution in [3.05, 3.63) is 22.8 Å². The molecule has 0 spiro atoms. The highest BCUT2D eigenvalue weighted by atomic mass is 16.5. The lowest BCUT2D eigenvalue weighted by atomic mass is 9.83. The first-order chi connectivity index (χ1) is 9.59. The number of rotatable bonds is 3. The van der Waals surface area contributed by atoms with Crippen molar-refractivity contribution in [2.24, 2.45) is 0 Å². The Hall–Kier alpha value is -2.04. The molecule has 0 atom stereocenters. The summed E-state index contributed by atoms with van der Waals surface area (Å²) < 4.78 is 10.2. The fourth-order valence-corrected chi connectivity index (χ4v) is 2.12. The third kappa shape index (κ3) is 3.74. The number of aryl methyl sites for hydroxylation is 1. The molecule has 0 bridgehead atoms. The molecule has 0 aliphatic heterocycles. The van der Waals surface area contributed by atoms with E-state index in [-0.39, 0.29) is 23.3 Å². The van der Waals surface area contributed by atoms with Crippen LogP contribution in [-0.4, -0.2) is 18.5 Å². The third-order valence-electron chi connectivity index (χ3n) is 3.04. The topological polar surface area (TPSA) is 78.6 Å². The summed E-state index contributed by atoms with van der Waals surface area (Å²) in [6.45, 7) is 11.0. The van der Waals surface area contributed by atoms with E-state index in [2.05, 4.69) is 0 Å². The molecule has 0 saturated carbocycles. The number of carbonyl (C=O) groups is 2. The number of anilines is 1. The van der Waals surface area contributed by atoms with Crippen LogP contribution in [-0.2, 0) is 14.9 Å². The van der Waals surface area contributed by atoms with Crippen molar-refractivity contribution in [1.29, 1.82) is 0 Å². The van der Waals surface area contributed by atoms with Gasteiger partial charge in [0.15, 0.2) is 0 Å². The molecule has 2 N–H and O–H groups in total. The summed E-state index contributed by atoms with van der Waals surface area (Å²) in [6, 6.07) is 1.84. The van der Waals surface area contributed by atoms with E-state index in [0.717, 1.165) is 5.56 Å². The molecule has 0 amide bonds. The minimum absolute atomic E-state index is 0.122. The van der Waals surface area contributed by atoms with Crippen LogP contribution in [0.1, 0.15) is 56.1 Å². The smallest absolute Gasteiger partial charge is 0.344 e. The molecular weight excluding hydrogens is 270 g/mol. The Balaban J connectivity index is 3.62. The van der Waals surface area contributed by atoms with E-state index in [1.165, 1.54) is 6.92 Å². The maximum Gasteiger partial charge on any atom is 0.344 e. The number of ether oxygens (including phenoxy) is 2. The van der Waals surface area contributed by atoms with Gasteiger partial charge in [-0.3, -0.25) is 4.79 Å². The SMILES string of the molecule is CCOC(=O)c1c(N)c(C(C)(C)C)cc(C)c1OC(C)=O. The zero-order chi connectivity index (χ0) is 16.4. The Morgan fingerprint density at radius 1 is 1.29 bits per heavy atom. The van der Waals surface area contributed by atoms with Crippen molar-refractivity contribution < 1.29 is 19.1 Å². The molecule has 0 aliphatic rings. The molecule has 5 heteroatoms. The van der Waals surface area contributed by atoms with Gasteiger partial charge in [0.2, 0.25) is 0 Å². The van der Waals surface area contributed by atoms with Gasteiger partial charge in [0, 0.05) is 6.92 Å². The Labute approximate surface area is 125 Å². The van der Waals surface area contributed by atoms with E-state index in [9.17, 15) is 9.59 Å². The van der Waals surface area contributed by atoms with E-state index in [4.69, 9.17) is 15.2 Å². The summed E-state index contributed by atoms with van der Waals surface area (Å²) >= 11 is 0. The van der Waals surface area contributed by atoms with Crippen molar-refractivity contribution in [2.75, 3.05) is 12.3 Å². The van der Waals surface area contributed by atoms with Crippen molar-refractivity contribution in [3.8, 4) is 5.75 Å². The third-order valence-corrected chi connectivity index (χ3v) is 3.04. The Bertz CT molecular complexity index is 571. The molecular formula is C16H23NO4. The Kier molecular flexibility index (Phi) is 4.99. The number of esters is 2. The minimum atomic E-state index is -0.583. The maximum atomic E-state index is 12.2. The van der Waals surface area contributed by atoms with Crippen LogP contribution >= 0.6 is 0 Å². The van der Waals surface area contributed by atoms with E-state index >= 15 is 0 Å². The summed E-state index contributed by atoms with van der Waals surface area (Å²) in [6.07, 6.45) is 0. The van der Waals surface area contributed by atoms with Gasteiger partial charge in [-0.25, -0.2) is 4.79 Å². The first-order valence-corrected chi connectivity index (χ1v) is 6.88. The number of nitrogens with two attached hydrogens (primary N) is 1. The molecule has 1 rings (SSSR count). The van der Waals surface area contributed by atoms with Crippen LogP contribution in [0.5, 0.6) is 5.75 Å². The van der Waals surface area contributed by atoms with Gasteiger partial charge in [-0.1, -0.05) is 20.8 Å². The van der Waals surface area contributed by atoms with Crippen LogP contribution in [0.2, 0.25) is 0 Å². The molecule has 0 unspecified atom stereocenters.